The number of ether oxygens (including phenoxy) is 3. The Balaban J connectivity index is 4.26. The van der Waals surface area contributed by atoms with Gasteiger partial charge in [0.15, 0.2) is 6.10 Å². The first-order valence-corrected chi connectivity index (χ1v) is 33.7. The van der Waals surface area contributed by atoms with E-state index in [1.165, 1.54) is 135 Å². The van der Waals surface area contributed by atoms with Crippen LogP contribution in [0.1, 0.15) is 303 Å². The molecule has 0 aromatic heterocycles. The van der Waals surface area contributed by atoms with E-state index >= 15 is 0 Å². The van der Waals surface area contributed by atoms with E-state index in [0.717, 1.165) is 122 Å². The van der Waals surface area contributed by atoms with Gasteiger partial charge in [-0.05, 0) is 135 Å². The maximum Gasteiger partial charge on any atom is 0.306 e. The first kappa shape index (κ1) is 76.5. The van der Waals surface area contributed by atoms with Crippen LogP contribution >= 0.6 is 0 Å². The fraction of sp³-hybridized carbons (Fsp3) is 0.667. The predicted octanol–water partition coefficient (Wildman–Crippen LogP) is 23.3. The Kier molecular flexibility index (Phi) is 64.3. The third-order valence-corrected chi connectivity index (χ3v) is 14.1. The van der Waals surface area contributed by atoms with E-state index in [1.807, 2.05) is 0 Å². The number of rotatable bonds is 60. The highest BCUT2D eigenvalue weighted by molar-refractivity contribution is 5.71. The van der Waals surface area contributed by atoms with E-state index in [4.69, 9.17) is 14.2 Å². The highest BCUT2D eigenvalue weighted by atomic mass is 16.6. The van der Waals surface area contributed by atoms with E-state index in [1.54, 1.807) is 0 Å². The van der Waals surface area contributed by atoms with E-state index in [0.29, 0.717) is 19.3 Å². The Morgan fingerprint density at radius 2 is 0.481 bits per heavy atom. The van der Waals surface area contributed by atoms with Crippen molar-refractivity contribution in [2.45, 2.75) is 309 Å². The van der Waals surface area contributed by atoms with Gasteiger partial charge < -0.3 is 14.2 Å². The zero-order chi connectivity index (χ0) is 58.5. The summed E-state index contributed by atoms with van der Waals surface area (Å²) in [5.41, 5.74) is 0. The molecule has 1 atom stereocenters. The lowest BCUT2D eigenvalue weighted by molar-refractivity contribution is -0.167. The second-order valence-corrected chi connectivity index (χ2v) is 22.0. The molecule has 0 bridgehead atoms. The molecule has 6 heteroatoms. The summed E-state index contributed by atoms with van der Waals surface area (Å²) in [6.07, 6.45) is 96.2. The molecule has 0 aromatic carbocycles. The van der Waals surface area contributed by atoms with Gasteiger partial charge in [0.05, 0.1) is 0 Å². The SMILES string of the molecule is CC/C=C\C/C=C\C/C=C\C/C=C\C/C=C\C/C=C\CCCCCCCCCCCCCCCCC(=O)OCC(COC(=O)CCCCCCC/C=C\CCCCCCCC)OC(=O)CCCC/C=C\C/C=C\C/C=C\C/C=C\CC. The fourth-order valence-electron chi connectivity index (χ4n) is 9.14. The number of carbonyl (C=O) groups excluding carboxylic acids is 3. The van der Waals surface area contributed by atoms with Crippen molar-refractivity contribution in [3.8, 4) is 0 Å². The summed E-state index contributed by atoms with van der Waals surface area (Å²) < 4.78 is 16.9. The molecule has 460 valence electrons. The molecule has 0 saturated carbocycles. The highest BCUT2D eigenvalue weighted by Crippen LogP contribution is 2.16. The van der Waals surface area contributed by atoms with Crippen molar-refractivity contribution in [2.24, 2.45) is 0 Å². The van der Waals surface area contributed by atoms with Gasteiger partial charge in [-0.1, -0.05) is 283 Å². The molecule has 0 saturated heterocycles. The maximum atomic E-state index is 12.9. The predicted molar refractivity (Wildman–Crippen MR) is 353 cm³/mol. The number of carbonyl (C=O) groups is 3. The molecule has 0 fully saturated rings. The lowest BCUT2D eigenvalue weighted by Gasteiger charge is -2.18. The van der Waals surface area contributed by atoms with Gasteiger partial charge in [0.1, 0.15) is 13.2 Å². The molecular weight excluding hydrogens is 997 g/mol. The Hall–Kier alpha value is -4.45. The molecule has 0 aliphatic rings. The Bertz CT molecular complexity index is 1720. The van der Waals surface area contributed by atoms with Crippen molar-refractivity contribution in [2.75, 3.05) is 13.2 Å². The summed E-state index contributed by atoms with van der Waals surface area (Å²) in [6, 6.07) is 0. The second-order valence-electron chi connectivity index (χ2n) is 22.0. The average Bonchev–Trinajstić information content (AvgIpc) is 3.47. The summed E-state index contributed by atoms with van der Waals surface area (Å²) >= 11 is 0. The fourth-order valence-corrected chi connectivity index (χ4v) is 9.14. The van der Waals surface area contributed by atoms with Crippen LogP contribution in [0.2, 0.25) is 0 Å². The summed E-state index contributed by atoms with van der Waals surface area (Å²) in [4.78, 5) is 38.3. The molecule has 0 aliphatic heterocycles. The smallest absolute Gasteiger partial charge is 0.306 e. The van der Waals surface area contributed by atoms with Crippen LogP contribution in [0.25, 0.3) is 0 Å². The van der Waals surface area contributed by atoms with Crippen LogP contribution < -0.4 is 0 Å². The number of hydrogen-bond donors (Lipinski definition) is 0. The number of unbranched alkanes of at least 4 members (excludes halogenated alkanes) is 27. The lowest BCUT2D eigenvalue weighted by atomic mass is 10.0. The minimum atomic E-state index is -0.807. The third kappa shape index (κ3) is 66.2. The van der Waals surface area contributed by atoms with Crippen LogP contribution in [0, 0.1) is 0 Å². The molecule has 0 aliphatic carbocycles. The van der Waals surface area contributed by atoms with Gasteiger partial charge in [-0.15, -0.1) is 0 Å². The molecule has 0 rings (SSSR count). The summed E-state index contributed by atoms with van der Waals surface area (Å²) in [7, 11) is 0. The summed E-state index contributed by atoms with van der Waals surface area (Å²) in [5, 5.41) is 0. The molecule has 0 spiro atoms. The first-order chi connectivity index (χ1) is 40.0. The summed E-state index contributed by atoms with van der Waals surface area (Å²) in [5.74, 6) is -0.945. The van der Waals surface area contributed by atoms with Gasteiger partial charge in [0.25, 0.3) is 0 Å². The second kappa shape index (κ2) is 68.1. The van der Waals surface area contributed by atoms with Crippen LogP contribution in [-0.4, -0.2) is 37.2 Å². The monoisotopic (exact) mass is 1120 g/mol. The zero-order valence-electron chi connectivity index (χ0n) is 52.8. The minimum absolute atomic E-state index is 0.0989. The van der Waals surface area contributed by atoms with Crippen molar-refractivity contribution < 1.29 is 28.6 Å². The van der Waals surface area contributed by atoms with E-state index in [9.17, 15) is 14.4 Å². The van der Waals surface area contributed by atoms with Crippen LogP contribution in [0.4, 0.5) is 0 Å². The van der Waals surface area contributed by atoms with Gasteiger partial charge in [-0.3, -0.25) is 14.4 Å². The van der Waals surface area contributed by atoms with E-state index in [2.05, 4.69) is 154 Å². The molecule has 0 amide bonds. The Labute approximate surface area is 500 Å². The molecule has 1 unspecified atom stereocenters. The van der Waals surface area contributed by atoms with Crippen LogP contribution in [0.3, 0.4) is 0 Å². The highest BCUT2D eigenvalue weighted by Gasteiger charge is 2.19. The first-order valence-electron chi connectivity index (χ1n) is 33.7. The Morgan fingerprint density at radius 3 is 0.790 bits per heavy atom. The van der Waals surface area contributed by atoms with Crippen molar-refractivity contribution >= 4 is 17.9 Å². The van der Waals surface area contributed by atoms with E-state index < -0.39 is 6.10 Å². The lowest BCUT2D eigenvalue weighted by Crippen LogP contribution is -2.30. The van der Waals surface area contributed by atoms with E-state index in [-0.39, 0.29) is 37.5 Å². The molecule has 81 heavy (non-hydrogen) atoms. The van der Waals surface area contributed by atoms with Crippen molar-refractivity contribution in [1.29, 1.82) is 0 Å². The number of esters is 3. The van der Waals surface area contributed by atoms with Gasteiger partial charge in [-0.2, -0.15) is 0 Å². The normalized spacial score (nSPS) is 13.0. The Morgan fingerprint density at radius 1 is 0.259 bits per heavy atom. The quantitative estimate of drug-likeness (QED) is 0.0261. The van der Waals surface area contributed by atoms with Crippen molar-refractivity contribution in [1.82, 2.24) is 0 Å². The molecule has 6 nitrogen and oxygen atoms in total. The van der Waals surface area contributed by atoms with Gasteiger partial charge >= 0.3 is 17.9 Å². The van der Waals surface area contributed by atoms with Crippen molar-refractivity contribution in [3.05, 3.63) is 134 Å². The zero-order valence-corrected chi connectivity index (χ0v) is 52.8. The topological polar surface area (TPSA) is 78.9 Å². The molecule has 0 N–H and O–H groups in total. The third-order valence-electron chi connectivity index (χ3n) is 14.1. The van der Waals surface area contributed by atoms with Crippen LogP contribution in [0.5, 0.6) is 0 Å². The van der Waals surface area contributed by atoms with Crippen molar-refractivity contribution in [3.63, 3.8) is 0 Å². The molecular formula is C75H124O6. The van der Waals surface area contributed by atoms with Gasteiger partial charge in [0, 0.05) is 19.3 Å². The molecule has 0 radical (unpaired) electrons. The number of allylic oxidation sites excluding steroid dienone is 22. The molecule has 0 aromatic rings. The van der Waals surface area contributed by atoms with Gasteiger partial charge in [0.2, 0.25) is 0 Å². The number of hydrogen-bond acceptors (Lipinski definition) is 6. The summed E-state index contributed by atoms with van der Waals surface area (Å²) in [6.45, 7) is 6.38. The maximum absolute atomic E-state index is 12.9. The van der Waals surface area contributed by atoms with Crippen LogP contribution in [0.15, 0.2) is 134 Å². The van der Waals surface area contributed by atoms with Gasteiger partial charge in [-0.25, -0.2) is 0 Å². The van der Waals surface area contributed by atoms with Crippen LogP contribution in [-0.2, 0) is 28.6 Å². The average molecular weight is 1120 g/mol. The largest absolute Gasteiger partial charge is 0.462 e. The standard InChI is InChI=1S/C75H124O6/c1-4-7-10-13-16-19-22-25-28-29-30-31-32-33-34-35-36-37-38-39-40-41-42-43-44-45-48-50-53-56-59-62-65-68-74(77)80-71-72(81-75(78)69-66-63-60-57-54-51-47-27-24-21-18-15-12-9-6-3)70-79-73(76)67-64-61-58-55-52-49-46-26-23-20-17-14-11-8-5-2/h7,9-10,12,16,18-19,21,25-28,30-31,33-34,36-37,46-47,54,57,72H,4-6,8,11,13-15,17,20,22-24,29,32,35,38-45,48-53,55-56,58-71H2,1-3H3/b10-7-,12-9-,19-16-,21-18-,28-25-,31-30-,34-33-,37-36-,46-26-,47-27-,57-54-. The molecule has 0 heterocycles. The minimum Gasteiger partial charge on any atom is -0.462 e.